The molecule has 0 bridgehead atoms. The van der Waals surface area contributed by atoms with Crippen LogP contribution in [-0.4, -0.2) is 29.6 Å². The predicted octanol–water partition coefficient (Wildman–Crippen LogP) is 2.03. The summed E-state index contributed by atoms with van der Waals surface area (Å²) in [5.41, 5.74) is 3.60. The summed E-state index contributed by atoms with van der Waals surface area (Å²) in [4.78, 5) is 13.4. The Morgan fingerprint density at radius 3 is 2.71 bits per heavy atom. The molecule has 17 heavy (non-hydrogen) atoms. The van der Waals surface area contributed by atoms with Crippen LogP contribution in [0.3, 0.4) is 0 Å². The van der Waals surface area contributed by atoms with Crippen LogP contribution < -0.4 is 0 Å². The first-order chi connectivity index (χ1) is 8.04. The summed E-state index contributed by atoms with van der Waals surface area (Å²) < 4.78 is 0. The van der Waals surface area contributed by atoms with Crippen LogP contribution >= 0.6 is 0 Å². The molecule has 0 aliphatic rings. The Balaban J connectivity index is 2.64. The first kappa shape index (κ1) is 13.7. The fourth-order valence-corrected chi connectivity index (χ4v) is 1.74. The van der Waals surface area contributed by atoms with Gasteiger partial charge in [0.2, 0.25) is 5.91 Å². The average molecular weight is 235 g/mol. The van der Waals surface area contributed by atoms with E-state index in [-0.39, 0.29) is 12.5 Å². The first-order valence-electron chi connectivity index (χ1n) is 5.95. The Morgan fingerprint density at radius 1 is 1.35 bits per heavy atom. The number of rotatable bonds is 5. The lowest BCUT2D eigenvalue weighted by atomic mass is 10.1. The van der Waals surface area contributed by atoms with Crippen molar-refractivity contribution in [2.24, 2.45) is 0 Å². The van der Waals surface area contributed by atoms with Crippen molar-refractivity contribution in [3.05, 3.63) is 34.9 Å². The molecule has 0 aromatic heterocycles. The van der Waals surface area contributed by atoms with Gasteiger partial charge in [0.05, 0.1) is 0 Å². The van der Waals surface area contributed by atoms with Crippen LogP contribution in [0.1, 0.15) is 29.5 Å². The van der Waals surface area contributed by atoms with Crippen molar-refractivity contribution in [3.63, 3.8) is 0 Å². The molecule has 0 saturated heterocycles. The minimum atomic E-state index is 0.0725. The van der Waals surface area contributed by atoms with Gasteiger partial charge in [-0.15, -0.1) is 0 Å². The average Bonchev–Trinajstić information content (AvgIpc) is 2.30. The van der Waals surface area contributed by atoms with Gasteiger partial charge < -0.3 is 10.0 Å². The molecule has 0 saturated carbocycles. The molecule has 0 radical (unpaired) electrons. The van der Waals surface area contributed by atoms with Gasteiger partial charge in [0.25, 0.3) is 0 Å². The molecule has 0 spiro atoms. The Hall–Kier alpha value is -1.35. The number of nitrogens with zero attached hydrogens (tertiary/aromatic N) is 1. The van der Waals surface area contributed by atoms with Gasteiger partial charge in [-0.25, -0.2) is 0 Å². The molecular weight excluding hydrogens is 214 g/mol. The minimum absolute atomic E-state index is 0.0725. The van der Waals surface area contributed by atoms with E-state index in [9.17, 15) is 4.79 Å². The van der Waals surface area contributed by atoms with E-state index < -0.39 is 0 Å². The van der Waals surface area contributed by atoms with Gasteiger partial charge in [-0.2, -0.15) is 0 Å². The number of carbonyl (C=O) groups is 1. The molecule has 1 aromatic carbocycles. The quantitative estimate of drug-likeness (QED) is 0.848. The van der Waals surface area contributed by atoms with E-state index in [4.69, 9.17) is 5.11 Å². The zero-order chi connectivity index (χ0) is 12.8. The van der Waals surface area contributed by atoms with E-state index in [0.29, 0.717) is 19.4 Å². The van der Waals surface area contributed by atoms with Crippen molar-refractivity contribution in [2.75, 3.05) is 13.7 Å². The Labute approximate surface area is 103 Å². The van der Waals surface area contributed by atoms with E-state index in [0.717, 1.165) is 0 Å². The third-order valence-corrected chi connectivity index (χ3v) is 2.89. The van der Waals surface area contributed by atoms with Gasteiger partial charge in [-0.3, -0.25) is 4.79 Å². The Kier molecular flexibility index (Phi) is 5.16. The number of aliphatic hydroxyl groups excluding tert-OH is 1. The molecule has 1 rings (SSSR count). The molecule has 0 atom stereocenters. The Bertz CT molecular complexity index is 388. The lowest BCUT2D eigenvalue weighted by Crippen LogP contribution is -2.26. The highest BCUT2D eigenvalue weighted by Crippen LogP contribution is 2.13. The van der Waals surface area contributed by atoms with Gasteiger partial charge in [-0.1, -0.05) is 23.8 Å². The molecule has 0 aliphatic heterocycles. The van der Waals surface area contributed by atoms with Crippen molar-refractivity contribution in [3.8, 4) is 0 Å². The number of hydrogen-bond acceptors (Lipinski definition) is 2. The lowest BCUT2D eigenvalue weighted by Gasteiger charge is -2.18. The van der Waals surface area contributed by atoms with Gasteiger partial charge in [0.1, 0.15) is 0 Å². The molecule has 3 nitrogen and oxygen atoms in total. The molecule has 0 aliphatic carbocycles. The molecule has 94 valence electrons. The van der Waals surface area contributed by atoms with Crippen molar-refractivity contribution in [1.82, 2.24) is 4.90 Å². The summed E-state index contributed by atoms with van der Waals surface area (Å²) >= 11 is 0. The minimum Gasteiger partial charge on any atom is -0.396 e. The van der Waals surface area contributed by atoms with Crippen LogP contribution in [0, 0.1) is 13.8 Å². The SMILES string of the molecule is Cc1ccc(C)c(CN(C)C(=O)CCCO)c1. The molecule has 1 N–H and O–H groups in total. The van der Waals surface area contributed by atoms with Crippen molar-refractivity contribution >= 4 is 5.91 Å². The summed E-state index contributed by atoms with van der Waals surface area (Å²) in [5.74, 6) is 0.0833. The number of aryl methyl sites for hydroxylation is 2. The molecular formula is C14H21NO2. The number of aliphatic hydroxyl groups is 1. The summed E-state index contributed by atoms with van der Waals surface area (Å²) in [5, 5.41) is 8.70. The molecule has 1 aromatic rings. The van der Waals surface area contributed by atoms with Gasteiger partial charge >= 0.3 is 0 Å². The van der Waals surface area contributed by atoms with Crippen LogP contribution in [0.5, 0.6) is 0 Å². The summed E-state index contributed by atoms with van der Waals surface area (Å²) in [6, 6.07) is 6.27. The van der Waals surface area contributed by atoms with Crippen molar-refractivity contribution < 1.29 is 9.90 Å². The number of benzene rings is 1. The highest BCUT2D eigenvalue weighted by Gasteiger charge is 2.09. The zero-order valence-electron chi connectivity index (χ0n) is 10.9. The second kappa shape index (κ2) is 6.40. The fourth-order valence-electron chi connectivity index (χ4n) is 1.74. The van der Waals surface area contributed by atoms with Crippen LogP contribution in [0.25, 0.3) is 0 Å². The van der Waals surface area contributed by atoms with Crippen LogP contribution in [0.15, 0.2) is 18.2 Å². The highest BCUT2D eigenvalue weighted by molar-refractivity contribution is 5.75. The largest absolute Gasteiger partial charge is 0.396 e. The standard InChI is InChI=1S/C14H21NO2/c1-11-6-7-12(2)13(9-11)10-15(3)14(17)5-4-8-16/h6-7,9,16H,4-5,8,10H2,1-3H3. The predicted molar refractivity (Wildman–Crippen MR) is 68.7 cm³/mol. The summed E-state index contributed by atoms with van der Waals surface area (Å²) in [6.45, 7) is 4.82. The van der Waals surface area contributed by atoms with Crippen LogP contribution in [0.2, 0.25) is 0 Å². The van der Waals surface area contributed by atoms with Gasteiger partial charge in [-0.05, 0) is 31.4 Å². The van der Waals surface area contributed by atoms with Crippen LogP contribution in [-0.2, 0) is 11.3 Å². The van der Waals surface area contributed by atoms with E-state index in [1.165, 1.54) is 16.7 Å². The topological polar surface area (TPSA) is 40.5 Å². The van der Waals surface area contributed by atoms with Gasteiger partial charge in [0.15, 0.2) is 0 Å². The second-order valence-corrected chi connectivity index (χ2v) is 4.51. The maximum Gasteiger partial charge on any atom is 0.222 e. The first-order valence-corrected chi connectivity index (χ1v) is 5.95. The summed E-state index contributed by atoms with van der Waals surface area (Å²) in [7, 11) is 1.81. The highest BCUT2D eigenvalue weighted by atomic mass is 16.3. The molecule has 3 heteroatoms. The lowest BCUT2D eigenvalue weighted by molar-refractivity contribution is -0.130. The number of carbonyl (C=O) groups excluding carboxylic acids is 1. The third kappa shape index (κ3) is 4.19. The number of amides is 1. The second-order valence-electron chi connectivity index (χ2n) is 4.51. The van der Waals surface area contributed by atoms with Crippen LogP contribution in [0.4, 0.5) is 0 Å². The zero-order valence-corrected chi connectivity index (χ0v) is 10.9. The van der Waals surface area contributed by atoms with E-state index >= 15 is 0 Å². The molecule has 0 unspecified atom stereocenters. The monoisotopic (exact) mass is 235 g/mol. The Morgan fingerprint density at radius 2 is 2.06 bits per heavy atom. The smallest absolute Gasteiger partial charge is 0.222 e. The fraction of sp³-hybridized carbons (Fsp3) is 0.500. The molecule has 0 fully saturated rings. The normalized spacial score (nSPS) is 10.4. The molecule has 0 heterocycles. The van der Waals surface area contributed by atoms with Crippen molar-refractivity contribution in [2.45, 2.75) is 33.2 Å². The maximum absolute atomic E-state index is 11.7. The van der Waals surface area contributed by atoms with Gasteiger partial charge in [0, 0.05) is 26.6 Å². The van der Waals surface area contributed by atoms with E-state index in [1.807, 2.05) is 7.05 Å². The number of hydrogen-bond donors (Lipinski definition) is 1. The summed E-state index contributed by atoms with van der Waals surface area (Å²) in [6.07, 6.45) is 0.952. The maximum atomic E-state index is 11.7. The van der Waals surface area contributed by atoms with E-state index in [2.05, 4.69) is 32.0 Å². The van der Waals surface area contributed by atoms with E-state index in [1.54, 1.807) is 4.90 Å². The third-order valence-electron chi connectivity index (χ3n) is 2.89. The van der Waals surface area contributed by atoms with Crippen molar-refractivity contribution in [1.29, 1.82) is 0 Å². The molecule has 1 amide bonds.